The van der Waals surface area contributed by atoms with Crippen LogP contribution in [-0.2, 0) is 4.74 Å². The highest BCUT2D eigenvalue weighted by Crippen LogP contribution is 2.14. The van der Waals surface area contributed by atoms with Gasteiger partial charge in [0.05, 0.1) is 0 Å². The summed E-state index contributed by atoms with van der Waals surface area (Å²) in [6.07, 6.45) is 37.1. The molecule has 0 rings (SSSR count). The topological polar surface area (TPSA) is 40.7 Å². The fraction of sp³-hybridized carbons (Fsp3) is 1.00. The van der Waals surface area contributed by atoms with E-state index in [1.807, 2.05) is 0 Å². The van der Waals surface area contributed by atoms with Crippen molar-refractivity contribution in [3.63, 3.8) is 0 Å². The molecule has 0 aliphatic rings. The molecule has 0 bridgehead atoms. The lowest BCUT2D eigenvalue weighted by Gasteiger charge is -2.05. The largest absolute Gasteiger partial charge is 0.412 e. The Morgan fingerprint density at radius 1 is 0.281 bits per heavy atom. The fourth-order valence-corrected chi connectivity index (χ4v) is 4.55. The second kappa shape index (κ2) is 33.1. The normalized spacial score (nSPS) is 11.1. The first kappa shape index (κ1) is 34.1. The summed E-state index contributed by atoms with van der Waals surface area (Å²) in [6.45, 7) is 6.59. The Balaban J connectivity index is 0. The molecule has 2 nitrogen and oxygen atoms in total. The average Bonchev–Trinajstić information content (AvgIpc) is 2.78. The Morgan fingerprint density at radius 2 is 0.469 bits per heavy atom. The van der Waals surface area contributed by atoms with Gasteiger partial charge >= 0.3 is 0 Å². The van der Waals surface area contributed by atoms with Crippen molar-refractivity contribution in [3.8, 4) is 0 Å². The molecule has 0 aromatic carbocycles. The third-order valence-electron chi connectivity index (χ3n) is 6.78. The maximum Gasteiger partial charge on any atom is 0.0466 e. The van der Waals surface area contributed by atoms with Crippen molar-refractivity contribution >= 4 is 0 Å². The van der Waals surface area contributed by atoms with E-state index in [2.05, 4.69) is 13.8 Å². The monoisotopic (exact) mass is 456 g/mol. The van der Waals surface area contributed by atoms with Crippen LogP contribution < -0.4 is 0 Å². The van der Waals surface area contributed by atoms with E-state index in [0.29, 0.717) is 0 Å². The van der Waals surface area contributed by atoms with E-state index in [0.717, 1.165) is 13.2 Å². The van der Waals surface area contributed by atoms with E-state index in [1.165, 1.54) is 167 Å². The zero-order valence-corrected chi connectivity index (χ0v) is 22.7. The lowest BCUT2D eigenvalue weighted by molar-refractivity contribution is 0.125. The first-order valence-corrected chi connectivity index (χ1v) is 15.0. The summed E-state index contributed by atoms with van der Waals surface area (Å²) in [5.74, 6) is 0. The van der Waals surface area contributed by atoms with Gasteiger partial charge < -0.3 is 10.2 Å². The van der Waals surface area contributed by atoms with Gasteiger partial charge in [0.2, 0.25) is 0 Å². The minimum atomic E-state index is 0. The molecule has 0 aliphatic carbocycles. The van der Waals surface area contributed by atoms with Gasteiger partial charge in [0, 0.05) is 13.2 Å². The van der Waals surface area contributed by atoms with Gasteiger partial charge in [-0.1, -0.05) is 168 Å². The number of hydrogen-bond acceptors (Lipinski definition) is 1. The van der Waals surface area contributed by atoms with Crippen molar-refractivity contribution in [2.45, 2.75) is 181 Å². The van der Waals surface area contributed by atoms with Gasteiger partial charge in [0.25, 0.3) is 0 Å². The van der Waals surface area contributed by atoms with Crippen LogP contribution >= 0.6 is 0 Å². The third-order valence-corrected chi connectivity index (χ3v) is 6.78. The summed E-state index contributed by atoms with van der Waals surface area (Å²) in [5.41, 5.74) is 0. The number of rotatable bonds is 28. The van der Waals surface area contributed by atoms with Crippen LogP contribution in [0.1, 0.15) is 181 Å². The summed E-state index contributed by atoms with van der Waals surface area (Å²) in [7, 11) is 0. The fourth-order valence-electron chi connectivity index (χ4n) is 4.55. The van der Waals surface area contributed by atoms with Crippen molar-refractivity contribution in [2.24, 2.45) is 0 Å². The molecule has 0 amide bonds. The van der Waals surface area contributed by atoms with Gasteiger partial charge in [0.1, 0.15) is 0 Å². The summed E-state index contributed by atoms with van der Waals surface area (Å²) >= 11 is 0. The highest BCUT2D eigenvalue weighted by molar-refractivity contribution is 4.50. The smallest absolute Gasteiger partial charge is 0.0466 e. The third kappa shape index (κ3) is 32.1. The van der Waals surface area contributed by atoms with Gasteiger partial charge in [-0.2, -0.15) is 0 Å². The molecule has 196 valence electrons. The zero-order valence-electron chi connectivity index (χ0n) is 22.7. The number of unbranched alkanes of at least 4 members (excludes halogenated alkanes) is 24. The molecule has 2 heteroatoms. The number of hydrogen-bond donors (Lipinski definition) is 0. The maximum absolute atomic E-state index is 5.82. The van der Waals surface area contributed by atoms with Crippen molar-refractivity contribution < 1.29 is 10.2 Å². The zero-order chi connectivity index (χ0) is 22.5. The van der Waals surface area contributed by atoms with E-state index in [-0.39, 0.29) is 5.48 Å². The molecule has 0 unspecified atom stereocenters. The van der Waals surface area contributed by atoms with E-state index < -0.39 is 0 Å². The van der Waals surface area contributed by atoms with Gasteiger partial charge in [-0.05, 0) is 12.8 Å². The van der Waals surface area contributed by atoms with Crippen LogP contribution in [0.5, 0.6) is 0 Å². The standard InChI is InChI=1S/C30H62O.H2O/c1-3-5-7-9-11-13-15-16-17-18-19-20-22-24-26-28-30-31-29-27-25-23-21-14-12-10-8-6-4-2;/h3-30H2,1-2H3;1H2. The second-order valence-electron chi connectivity index (χ2n) is 10.1. The predicted molar refractivity (Wildman–Crippen MR) is 146 cm³/mol. The summed E-state index contributed by atoms with van der Waals surface area (Å²) in [5, 5.41) is 0. The molecule has 0 atom stereocenters. The van der Waals surface area contributed by atoms with Gasteiger partial charge in [-0.15, -0.1) is 0 Å². The lowest BCUT2D eigenvalue weighted by Crippen LogP contribution is -1.97. The molecular weight excluding hydrogens is 392 g/mol. The van der Waals surface area contributed by atoms with Crippen LogP contribution in [0.25, 0.3) is 0 Å². The van der Waals surface area contributed by atoms with Crippen LogP contribution in [0.2, 0.25) is 0 Å². The van der Waals surface area contributed by atoms with E-state index in [1.54, 1.807) is 0 Å². The van der Waals surface area contributed by atoms with Crippen LogP contribution in [-0.4, -0.2) is 18.7 Å². The molecule has 0 radical (unpaired) electrons. The molecule has 0 spiro atoms. The Labute approximate surface area is 204 Å². The molecule has 0 aromatic heterocycles. The molecule has 2 N–H and O–H groups in total. The molecule has 0 aromatic rings. The van der Waals surface area contributed by atoms with Gasteiger partial charge in [-0.25, -0.2) is 0 Å². The molecule has 0 heterocycles. The first-order chi connectivity index (χ1) is 15.4. The molecule has 0 saturated carbocycles. The van der Waals surface area contributed by atoms with Gasteiger partial charge in [-0.3, -0.25) is 0 Å². The molecule has 0 saturated heterocycles. The minimum absolute atomic E-state index is 0. The average molecular weight is 457 g/mol. The Hall–Kier alpha value is -0.0800. The van der Waals surface area contributed by atoms with Crippen molar-refractivity contribution in [3.05, 3.63) is 0 Å². The predicted octanol–water partition coefficient (Wildman–Crippen LogP) is 10.4. The first-order valence-electron chi connectivity index (χ1n) is 15.0. The van der Waals surface area contributed by atoms with Gasteiger partial charge in [0.15, 0.2) is 0 Å². The highest BCUT2D eigenvalue weighted by Gasteiger charge is 1.96. The summed E-state index contributed by atoms with van der Waals surface area (Å²) in [4.78, 5) is 0. The lowest BCUT2D eigenvalue weighted by atomic mass is 10.0. The van der Waals surface area contributed by atoms with Crippen LogP contribution in [0.4, 0.5) is 0 Å². The Morgan fingerprint density at radius 3 is 0.688 bits per heavy atom. The Kier molecular flexibility index (Phi) is 35.3. The quantitative estimate of drug-likeness (QED) is 0.108. The Bertz CT molecular complexity index is 265. The minimum Gasteiger partial charge on any atom is -0.412 e. The van der Waals surface area contributed by atoms with Crippen LogP contribution in [0.15, 0.2) is 0 Å². The van der Waals surface area contributed by atoms with E-state index >= 15 is 0 Å². The molecule has 32 heavy (non-hydrogen) atoms. The number of ether oxygens (including phenoxy) is 1. The van der Waals surface area contributed by atoms with Crippen LogP contribution in [0.3, 0.4) is 0 Å². The summed E-state index contributed by atoms with van der Waals surface area (Å²) in [6, 6.07) is 0. The SMILES string of the molecule is CCCCCCCCCCCCCCCCCCOCCCCCCCCCCCC.O. The second-order valence-corrected chi connectivity index (χ2v) is 10.1. The highest BCUT2D eigenvalue weighted by atomic mass is 16.5. The molecular formula is C30H64O2. The van der Waals surface area contributed by atoms with Crippen molar-refractivity contribution in [1.29, 1.82) is 0 Å². The van der Waals surface area contributed by atoms with Crippen molar-refractivity contribution in [2.75, 3.05) is 13.2 Å². The maximum atomic E-state index is 5.82. The van der Waals surface area contributed by atoms with Crippen LogP contribution in [0, 0.1) is 0 Å². The molecule has 0 fully saturated rings. The van der Waals surface area contributed by atoms with Crippen molar-refractivity contribution in [1.82, 2.24) is 0 Å². The molecule has 0 aliphatic heterocycles. The summed E-state index contributed by atoms with van der Waals surface area (Å²) < 4.78 is 5.82. The van der Waals surface area contributed by atoms with E-state index in [4.69, 9.17) is 4.74 Å². The van der Waals surface area contributed by atoms with E-state index in [9.17, 15) is 0 Å².